The molecule has 1 aromatic rings. The Morgan fingerprint density at radius 1 is 1.19 bits per heavy atom. The summed E-state index contributed by atoms with van der Waals surface area (Å²) in [6, 6.07) is 8.31. The van der Waals surface area contributed by atoms with Crippen LogP contribution in [0.4, 0.5) is 0 Å². The molecule has 0 aliphatic carbocycles. The largest absolute Gasteiger partial charge is 0.497 e. The molecule has 0 radical (unpaired) electrons. The van der Waals surface area contributed by atoms with E-state index in [9.17, 15) is 4.79 Å². The van der Waals surface area contributed by atoms with E-state index in [-0.39, 0.29) is 11.4 Å². The summed E-state index contributed by atoms with van der Waals surface area (Å²) < 4.78 is 5.20. The average Bonchev–Trinajstić information content (AvgIpc) is 2.75. The number of methoxy groups -OCH3 is 1. The third-order valence-corrected chi connectivity index (χ3v) is 4.84. The fourth-order valence-electron chi connectivity index (χ4n) is 3.55. The Bertz CT molecular complexity index is 500. The minimum absolute atomic E-state index is 0.0890. The molecule has 0 aromatic heterocycles. The van der Waals surface area contributed by atoms with Gasteiger partial charge in [0.15, 0.2) is 0 Å². The molecule has 4 heteroatoms. The zero-order chi connectivity index (χ0) is 14.7. The van der Waals surface area contributed by atoms with Crippen LogP contribution in [0.3, 0.4) is 0 Å². The highest BCUT2D eigenvalue weighted by Gasteiger charge is 2.38. The quantitative estimate of drug-likeness (QED) is 0.928. The van der Waals surface area contributed by atoms with Crippen LogP contribution in [0, 0.1) is 0 Å². The molecule has 0 saturated carbocycles. The second-order valence-corrected chi connectivity index (χ2v) is 6.31. The summed E-state index contributed by atoms with van der Waals surface area (Å²) >= 11 is 0. The van der Waals surface area contributed by atoms with Gasteiger partial charge < -0.3 is 10.1 Å². The molecule has 2 saturated heterocycles. The van der Waals surface area contributed by atoms with Crippen molar-refractivity contribution in [1.82, 2.24) is 10.2 Å². The number of carbonyl (C=O) groups excluding carboxylic acids is 1. The van der Waals surface area contributed by atoms with Gasteiger partial charge in [0.25, 0.3) is 0 Å². The van der Waals surface area contributed by atoms with Crippen molar-refractivity contribution in [3.8, 4) is 5.75 Å². The Morgan fingerprint density at radius 3 is 2.67 bits per heavy atom. The molecule has 1 spiro atoms. The number of benzene rings is 1. The van der Waals surface area contributed by atoms with Gasteiger partial charge in [-0.1, -0.05) is 12.1 Å². The highest BCUT2D eigenvalue weighted by atomic mass is 16.5. The normalized spacial score (nSPS) is 26.6. The summed E-state index contributed by atoms with van der Waals surface area (Å²) in [5, 5.41) is 3.23. The first-order valence-corrected chi connectivity index (χ1v) is 7.85. The highest BCUT2D eigenvalue weighted by Crippen LogP contribution is 2.31. The Hall–Kier alpha value is -1.55. The van der Waals surface area contributed by atoms with Crippen LogP contribution < -0.4 is 10.1 Å². The van der Waals surface area contributed by atoms with Crippen molar-refractivity contribution in [2.45, 2.75) is 44.2 Å². The molecule has 2 fully saturated rings. The first-order valence-electron chi connectivity index (χ1n) is 7.85. The van der Waals surface area contributed by atoms with Crippen LogP contribution in [0.2, 0.25) is 0 Å². The molecule has 114 valence electrons. The van der Waals surface area contributed by atoms with Crippen molar-refractivity contribution >= 4 is 5.91 Å². The molecule has 21 heavy (non-hydrogen) atoms. The van der Waals surface area contributed by atoms with Crippen LogP contribution in [0.5, 0.6) is 5.75 Å². The molecule has 4 nitrogen and oxygen atoms in total. The number of ether oxygens (including phenoxy) is 1. The van der Waals surface area contributed by atoms with Crippen molar-refractivity contribution < 1.29 is 9.53 Å². The minimum atomic E-state index is 0.0890. The van der Waals surface area contributed by atoms with Crippen LogP contribution in [0.1, 0.15) is 37.7 Å². The van der Waals surface area contributed by atoms with Crippen LogP contribution in [-0.4, -0.2) is 36.5 Å². The molecule has 1 atom stereocenters. The van der Waals surface area contributed by atoms with Crippen molar-refractivity contribution in [2.24, 2.45) is 0 Å². The molecular weight excluding hydrogens is 264 g/mol. The van der Waals surface area contributed by atoms with E-state index in [0.717, 1.165) is 51.1 Å². The van der Waals surface area contributed by atoms with Crippen molar-refractivity contribution in [3.05, 3.63) is 29.8 Å². The maximum Gasteiger partial charge on any atom is 0.220 e. The van der Waals surface area contributed by atoms with Gasteiger partial charge in [-0.2, -0.15) is 0 Å². The Kier molecular flexibility index (Phi) is 4.15. The molecule has 0 bridgehead atoms. The van der Waals surface area contributed by atoms with E-state index >= 15 is 0 Å². The Balaban J connectivity index is 1.58. The number of carbonyl (C=O) groups is 1. The van der Waals surface area contributed by atoms with Gasteiger partial charge in [-0.15, -0.1) is 0 Å². The number of amides is 1. The van der Waals surface area contributed by atoms with Crippen molar-refractivity contribution in [1.29, 1.82) is 0 Å². The number of likely N-dealkylation sites (tertiary alicyclic amines) is 1. The second kappa shape index (κ2) is 6.06. The van der Waals surface area contributed by atoms with Crippen LogP contribution in [-0.2, 0) is 11.3 Å². The fraction of sp³-hybridized carbons (Fsp3) is 0.588. The van der Waals surface area contributed by atoms with Gasteiger partial charge in [0, 0.05) is 25.0 Å². The van der Waals surface area contributed by atoms with E-state index in [4.69, 9.17) is 4.74 Å². The van der Waals surface area contributed by atoms with Crippen LogP contribution in [0.25, 0.3) is 0 Å². The van der Waals surface area contributed by atoms with Crippen LogP contribution >= 0.6 is 0 Å². The number of hydrogen-bond acceptors (Lipinski definition) is 3. The molecule has 2 aliphatic heterocycles. The smallest absolute Gasteiger partial charge is 0.220 e. The molecule has 1 N–H and O–H groups in total. The SMILES string of the molecule is COc1ccc(CN2CCC[C@]3(CCC(=O)N3)CC2)cc1. The van der Waals surface area contributed by atoms with E-state index < -0.39 is 0 Å². The van der Waals surface area contributed by atoms with Gasteiger partial charge in [-0.05, 0) is 49.9 Å². The predicted octanol–water partition coefficient (Wildman–Crippen LogP) is 2.33. The number of rotatable bonds is 3. The monoisotopic (exact) mass is 288 g/mol. The maximum absolute atomic E-state index is 11.5. The lowest BCUT2D eigenvalue weighted by atomic mass is 9.89. The zero-order valence-corrected chi connectivity index (χ0v) is 12.7. The van der Waals surface area contributed by atoms with E-state index in [0.29, 0.717) is 6.42 Å². The topological polar surface area (TPSA) is 41.6 Å². The molecular formula is C17H24N2O2. The minimum Gasteiger partial charge on any atom is -0.497 e. The molecule has 2 heterocycles. The van der Waals surface area contributed by atoms with Gasteiger partial charge in [0.1, 0.15) is 5.75 Å². The van der Waals surface area contributed by atoms with Gasteiger partial charge in [-0.25, -0.2) is 0 Å². The molecule has 3 rings (SSSR count). The molecule has 1 amide bonds. The van der Waals surface area contributed by atoms with Crippen LogP contribution in [0.15, 0.2) is 24.3 Å². The summed E-state index contributed by atoms with van der Waals surface area (Å²) in [6.07, 6.45) is 5.09. The number of hydrogen-bond donors (Lipinski definition) is 1. The van der Waals surface area contributed by atoms with Crippen molar-refractivity contribution in [2.75, 3.05) is 20.2 Å². The predicted molar refractivity (Wildman–Crippen MR) is 82.2 cm³/mol. The van der Waals surface area contributed by atoms with E-state index in [1.54, 1.807) is 7.11 Å². The lowest BCUT2D eigenvalue weighted by molar-refractivity contribution is -0.119. The maximum atomic E-state index is 11.5. The Labute approximate surface area is 126 Å². The van der Waals surface area contributed by atoms with E-state index in [1.807, 2.05) is 12.1 Å². The van der Waals surface area contributed by atoms with Gasteiger partial charge >= 0.3 is 0 Å². The van der Waals surface area contributed by atoms with Gasteiger partial charge in [-0.3, -0.25) is 9.69 Å². The third-order valence-electron chi connectivity index (χ3n) is 4.84. The molecule has 2 aliphatic rings. The fourth-order valence-corrected chi connectivity index (χ4v) is 3.55. The summed E-state index contributed by atoms with van der Waals surface area (Å²) in [5.41, 5.74) is 1.41. The first kappa shape index (κ1) is 14.4. The molecule has 1 aromatic carbocycles. The molecule has 0 unspecified atom stereocenters. The average molecular weight is 288 g/mol. The summed E-state index contributed by atoms with van der Waals surface area (Å²) in [7, 11) is 1.69. The van der Waals surface area contributed by atoms with Gasteiger partial charge in [0.05, 0.1) is 7.11 Å². The number of nitrogens with zero attached hydrogens (tertiary/aromatic N) is 1. The zero-order valence-electron chi connectivity index (χ0n) is 12.7. The second-order valence-electron chi connectivity index (χ2n) is 6.31. The lowest BCUT2D eigenvalue weighted by Gasteiger charge is -2.27. The van der Waals surface area contributed by atoms with E-state index in [2.05, 4.69) is 22.3 Å². The summed E-state index contributed by atoms with van der Waals surface area (Å²) in [4.78, 5) is 14.0. The Morgan fingerprint density at radius 2 is 2.00 bits per heavy atom. The summed E-state index contributed by atoms with van der Waals surface area (Å²) in [5.74, 6) is 1.14. The third kappa shape index (κ3) is 3.38. The lowest BCUT2D eigenvalue weighted by Crippen LogP contribution is -2.42. The van der Waals surface area contributed by atoms with E-state index in [1.165, 1.54) is 5.56 Å². The highest BCUT2D eigenvalue weighted by molar-refractivity contribution is 5.79. The number of nitrogens with one attached hydrogen (secondary N) is 1. The standard InChI is InChI=1S/C17H24N2O2/c1-21-15-5-3-14(4-6-15)13-19-11-2-8-17(10-12-19)9-7-16(20)18-17/h3-6H,2,7-13H2,1H3,(H,18,20)/t17-/m0/s1. The first-order chi connectivity index (χ1) is 10.2. The van der Waals surface area contributed by atoms with Gasteiger partial charge in [0.2, 0.25) is 5.91 Å². The van der Waals surface area contributed by atoms with Crippen molar-refractivity contribution in [3.63, 3.8) is 0 Å². The summed E-state index contributed by atoms with van der Waals surface area (Å²) in [6.45, 7) is 3.16.